The summed E-state index contributed by atoms with van der Waals surface area (Å²) in [5, 5.41) is 4.05. The van der Waals surface area contributed by atoms with Gasteiger partial charge in [0.05, 0.1) is 5.69 Å². The molecule has 2 atom stereocenters. The van der Waals surface area contributed by atoms with Crippen molar-refractivity contribution in [3.05, 3.63) is 53.9 Å². The van der Waals surface area contributed by atoms with Crippen LogP contribution in [0.15, 0.2) is 47.2 Å². The summed E-state index contributed by atoms with van der Waals surface area (Å²) in [5.41, 5.74) is 1.77. The van der Waals surface area contributed by atoms with Crippen molar-refractivity contribution in [2.45, 2.75) is 50.4 Å². The average Bonchev–Trinajstić information content (AvgIpc) is 3.20. The fourth-order valence-corrected chi connectivity index (χ4v) is 4.28. The highest BCUT2D eigenvalue weighted by atomic mass is 16.5. The molecule has 0 aliphatic carbocycles. The molecule has 2 aliphatic rings. The molecule has 2 saturated heterocycles. The molecule has 0 spiro atoms. The Balaban J connectivity index is 1.44. The third-order valence-corrected chi connectivity index (χ3v) is 5.58. The first-order chi connectivity index (χ1) is 11.7. The van der Waals surface area contributed by atoms with E-state index < -0.39 is 0 Å². The molecule has 1 aromatic heterocycles. The Labute approximate surface area is 142 Å². The highest BCUT2D eigenvalue weighted by Crippen LogP contribution is 2.38. The van der Waals surface area contributed by atoms with E-state index in [0.29, 0.717) is 18.1 Å². The maximum Gasteiger partial charge on any atom is 0.253 e. The molecule has 126 valence electrons. The van der Waals surface area contributed by atoms with E-state index in [1.54, 1.807) is 6.26 Å². The number of aromatic nitrogens is 1. The minimum atomic E-state index is 0.130. The fraction of sp³-hybridized carbons (Fsp3) is 0.474. The lowest BCUT2D eigenvalue weighted by Crippen LogP contribution is -2.50. The third-order valence-electron chi connectivity index (χ3n) is 5.58. The quantitative estimate of drug-likeness (QED) is 0.867. The molecule has 3 heterocycles. The van der Waals surface area contributed by atoms with Gasteiger partial charge in [0.25, 0.3) is 5.91 Å². The number of hydrogen-bond acceptors (Lipinski definition) is 4. The zero-order valence-electron chi connectivity index (χ0n) is 14.0. The largest absolute Gasteiger partial charge is 0.364 e. The van der Waals surface area contributed by atoms with Crippen molar-refractivity contribution in [1.29, 1.82) is 0 Å². The van der Waals surface area contributed by atoms with Gasteiger partial charge in [0.15, 0.2) is 0 Å². The molecular formula is C19H23N3O2. The smallest absolute Gasteiger partial charge is 0.253 e. The Bertz CT molecular complexity index is 672. The summed E-state index contributed by atoms with van der Waals surface area (Å²) in [6, 6.07) is 12.9. The lowest BCUT2D eigenvalue weighted by molar-refractivity contribution is 0.0471. The predicted molar refractivity (Wildman–Crippen MR) is 90.4 cm³/mol. The van der Waals surface area contributed by atoms with Gasteiger partial charge in [-0.1, -0.05) is 23.4 Å². The first-order valence-corrected chi connectivity index (χ1v) is 8.69. The second kappa shape index (κ2) is 6.40. The Hall–Kier alpha value is -2.14. The first kappa shape index (κ1) is 15.4. The van der Waals surface area contributed by atoms with Crippen LogP contribution in [0, 0.1) is 0 Å². The minimum absolute atomic E-state index is 0.130. The number of amides is 1. The van der Waals surface area contributed by atoms with Gasteiger partial charge in [-0.15, -0.1) is 0 Å². The zero-order chi connectivity index (χ0) is 16.5. The minimum Gasteiger partial charge on any atom is -0.364 e. The number of nitrogens with zero attached hydrogens (tertiary/aromatic N) is 3. The van der Waals surface area contributed by atoms with E-state index in [2.05, 4.69) is 10.1 Å². The number of carbonyl (C=O) groups excluding carboxylic acids is 1. The van der Waals surface area contributed by atoms with Crippen LogP contribution in [0.25, 0.3) is 0 Å². The van der Waals surface area contributed by atoms with Gasteiger partial charge >= 0.3 is 0 Å². The molecule has 2 fully saturated rings. The van der Waals surface area contributed by atoms with Crippen LogP contribution in [0.1, 0.15) is 41.7 Å². The van der Waals surface area contributed by atoms with E-state index in [-0.39, 0.29) is 5.91 Å². The highest BCUT2D eigenvalue weighted by Gasteiger charge is 2.42. The highest BCUT2D eigenvalue weighted by molar-refractivity contribution is 5.94. The normalized spacial score (nSPS) is 26.5. The molecule has 2 aromatic rings. The molecule has 5 heteroatoms. The zero-order valence-corrected chi connectivity index (χ0v) is 14.0. The van der Waals surface area contributed by atoms with E-state index >= 15 is 0 Å². The van der Waals surface area contributed by atoms with Crippen LogP contribution < -0.4 is 0 Å². The molecule has 2 aliphatic heterocycles. The summed E-state index contributed by atoms with van der Waals surface area (Å²) in [6.45, 7) is 0.856. The van der Waals surface area contributed by atoms with E-state index in [0.717, 1.165) is 30.6 Å². The van der Waals surface area contributed by atoms with Crippen molar-refractivity contribution >= 4 is 5.91 Å². The van der Waals surface area contributed by atoms with Gasteiger partial charge < -0.3 is 9.42 Å². The molecule has 1 aromatic carbocycles. The van der Waals surface area contributed by atoms with E-state index in [1.165, 1.54) is 12.8 Å². The number of hydrogen-bond donors (Lipinski definition) is 0. The van der Waals surface area contributed by atoms with Crippen LogP contribution in [-0.4, -0.2) is 46.0 Å². The van der Waals surface area contributed by atoms with Crippen molar-refractivity contribution < 1.29 is 9.32 Å². The van der Waals surface area contributed by atoms with Crippen LogP contribution in [0.4, 0.5) is 0 Å². The van der Waals surface area contributed by atoms with Crippen LogP contribution in [0.3, 0.4) is 0 Å². The van der Waals surface area contributed by atoms with Gasteiger partial charge in [0.1, 0.15) is 6.26 Å². The summed E-state index contributed by atoms with van der Waals surface area (Å²) in [4.78, 5) is 17.2. The number of rotatable bonds is 4. The molecule has 0 saturated carbocycles. The van der Waals surface area contributed by atoms with Crippen LogP contribution in [-0.2, 0) is 6.54 Å². The molecule has 2 unspecified atom stereocenters. The lowest BCUT2D eigenvalue weighted by atomic mass is 9.95. The van der Waals surface area contributed by atoms with Crippen LogP contribution >= 0.6 is 0 Å². The van der Waals surface area contributed by atoms with Crippen molar-refractivity contribution in [3.8, 4) is 0 Å². The molecule has 4 rings (SSSR count). The second-order valence-electron chi connectivity index (χ2n) is 6.96. The molecule has 2 bridgehead atoms. The second-order valence-corrected chi connectivity index (χ2v) is 6.96. The molecule has 24 heavy (non-hydrogen) atoms. The van der Waals surface area contributed by atoms with Crippen LogP contribution in [0.2, 0.25) is 0 Å². The molecular weight excluding hydrogens is 302 g/mol. The number of benzene rings is 1. The number of fused-ring (bicyclic) bond motifs is 2. The van der Waals surface area contributed by atoms with Gasteiger partial charge in [-0.05, 0) is 37.8 Å². The van der Waals surface area contributed by atoms with Crippen LogP contribution in [0.5, 0.6) is 0 Å². The fourth-order valence-electron chi connectivity index (χ4n) is 4.28. The summed E-state index contributed by atoms with van der Waals surface area (Å²) < 4.78 is 4.96. The van der Waals surface area contributed by atoms with Gasteiger partial charge in [0, 0.05) is 43.3 Å². The van der Waals surface area contributed by atoms with E-state index in [1.807, 2.05) is 48.3 Å². The third kappa shape index (κ3) is 2.84. The van der Waals surface area contributed by atoms with Gasteiger partial charge in [0.2, 0.25) is 0 Å². The predicted octanol–water partition coefficient (Wildman–Crippen LogP) is 2.94. The summed E-state index contributed by atoms with van der Waals surface area (Å²) in [7, 11) is 1.95. The Morgan fingerprint density at radius 1 is 1.21 bits per heavy atom. The maximum atomic E-state index is 12.7. The van der Waals surface area contributed by atoms with Crippen molar-refractivity contribution in [3.63, 3.8) is 0 Å². The number of carbonyl (C=O) groups is 1. The first-order valence-electron chi connectivity index (χ1n) is 8.69. The Morgan fingerprint density at radius 3 is 2.54 bits per heavy atom. The van der Waals surface area contributed by atoms with Gasteiger partial charge in [-0.2, -0.15) is 0 Å². The monoisotopic (exact) mass is 325 g/mol. The van der Waals surface area contributed by atoms with Gasteiger partial charge in [-0.3, -0.25) is 9.69 Å². The Morgan fingerprint density at radius 2 is 1.92 bits per heavy atom. The standard InChI is InChI=1S/C19H23N3O2/c1-21(19(23)14-5-3-2-4-6-14)18-11-16-7-8-17(12-18)22(16)13-15-9-10-24-20-15/h2-6,9-10,16-18H,7-8,11-13H2,1H3. The topological polar surface area (TPSA) is 49.6 Å². The Kier molecular flexibility index (Phi) is 4.10. The summed E-state index contributed by atoms with van der Waals surface area (Å²) >= 11 is 0. The SMILES string of the molecule is CN(C(=O)c1ccccc1)C1CC2CCC(C1)N2Cc1ccon1. The lowest BCUT2D eigenvalue weighted by Gasteiger charge is -2.42. The van der Waals surface area contributed by atoms with E-state index in [9.17, 15) is 4.79 Å². The molecule has 1 amide bonds. The molecule has 0 radical (unpaired) electrons. The van der Waals surface area contributed by atoms with E-state index in [4.69, 9.17) is 4.52 Å². The molecule has 5 nitrogen and oxygen atoms in total. The summed E-state index contributed by atoms with van der Waals surface area (Å²) in [5.74, 6) is 0.130. The average molecular weight is 325 g/mol. The van der Waals surface area contributed by atoms with Gasteiger partial charge in [-0.25, -0.2) is 0 Å². The molecule has 0 N–H and O–H groups in total. The van der Waals surface area contributed by atoms with Crippen molar-refractivity contribution in [2.75, 3.05) is 7.05 Å². The van der Waals surface area contributed by atoms with Crippen molar-refractivity contribution in [1.82, 2.24) is 15.0 Å². The summed E-state index contributed by atoms with van der Waals surface area (Å²) in [6.07, 6.45) is 6.15. The maximum absolute atomic E-state index is 12.7. The number of piperidine rings is 1. The van der Waals surface area contributed by atoms with Crippen molar-refractivity contribution in [2.24, 2.45) is 0 Å².